The number of nitrogens with zero attached hydrogens (tertiary/aromatic N) is 3. The number of carbonyl (C=O) groups is 2. The molecule has 2 amide bonds. The first-order chi connectivity index (χ1) is 15.4. The number of hydrogen-bond acceptors (Lipinski definition) is 5. The van der Waals surface area contributed by atoms with Gasteiger partial charge in [0.2, 0.25) is 21.8 Å². The number of anilines is 2. The van der Waals surface area contributed by atoms with E-state index < -0.39 is 10.0 Å². The van der Waals surface area contributed by atoms with Crippen LogP contribution in [0.2, 0.25) is 0 Å². The third kappa shape index (κ3) is 3.62. The highest BCUT2D eigenvalue weighted by Crippen LogP contribution is 2.38. The molecule has 2 aromatic carbocycles. The van der Waals surface area contributed by atoms with Crippen molar-refractivity contribution in [2.24, 2.45) is 0 Å². The summed E-state index contributed by atoms with van der Waals surface area (Å²) in [5, 5.41) is 0. The fourth-order valence-electron chi connectivity index (χ4n) is 4.75. The predicted molar refractivity (Wildman–Crippen MR) is 125 cm³/mol. The first-order valence-corrected chi connectivity index (χ1v) is 13.3. The van der Waals surface area contributed by atoms with Crippen molar-refractivity contribution >= 4 is 45.0 Å². The van der Waals surface area contributed by atoms with E-state index in [1.165, 1.54) is 21.0 Å². The molecule has 5 rings (SSSR count). The van der Waals surface area contributed by atoms with E-state index in [0.717, 1.165) is 35.4 Å². The molecule has 2 aromatic rings. The Morgan fingerprint density at radius 2 is 1.84 bits per heavy atom. The lowest BCUT2D eigenvalue weighted by Gasteiger charge is -2.32. The Kier molecular flexibility index (Phi) is 5.51. The van der Waals surface area contributed by atoms with Crippen molar-refractivity contribution in [3.63, 3.8) is 0 Å². The van der Waals surface area contributed by atoms with Gasteiger partial charge in [0, 0.05) is 29.7 Å². The van der Waals surface area contributed by atoms with Crippen molar-refractivity contribution in [1.82, 2.24) is 4.31 Å². The Hall–Kier alpha value is -2.36. The molecule has 3 aliphatic rings. The molecule has 7 nitrogen and oxygen atoms in total. The number of rotatable bonds is 4. The molecule has 0 bridgehead atoms. The van der Waals surface area contributed by atoms with Crippen LogP contribution in [-0.4, -0.2) is 56.0 Å². The maximum absolute atomic E-state index is 13.3. The van der Waals surface area contributed by atoms with Crippen LogP contribution in [0, 0.1) is 0 Å². The Bertz CT molecular complexity index is 1190. The third-order valence-corrected chi connectivity index (χ3v) is 9.29. The van der Waals surface area contributed by atoms with E-state index >= 15 is 0 Å². The van der Waals surface area contributed by atoms with Crippen molar-refractivity contribution in [3.05, 3.63) is 48.0 Å². The minimum Gasteiger partial charge on any atom is -0.307 e. The zero-order valence-corrected chi connectivity index (χ0v) is 19.5. The maximum Gasteiger partial charge on any atom is 0.247 e. The van der Waals surface area contributed by atoms with Crippen LogP contribution in [0.3, 0.4) is 0 Å². The minimum atomic E-state index is -3.62. The molecule has 168 valence electrons. The smallest absolute Gasteiger partial charge is 0.247 e. The molecular weight excluding hydrogens is 446 g/mol. The van der Waals surface area contributed by atoms with Crippen molar-refractivity contribution in [2.45, 2.75) is 42.0 Å². The standard InChI is InChI=1S/C23H25N3O4S2/c1-16-12-17-6-2-3-7-19(17)26(16)22(27)14-25-20-13-18(8-9-21(20)31-15-23(25)28)32(29,30)24-10-4-5-11-24/h2-3,6-9,13,16H,4-5,10-12,14-15H2,1H3/t16-/m0/s1. The summed E-state index contributed by atoms with van der Waals surface area (Å²) in [7, 11) is -3.62. The van der Waals surface area contributed by atoms with Crippen LogP contribution in [0.5, 0.6) is 0 Å². The monoisotopic (exact) mass is 471 g/mol. The second kappa shape index (κ2) is 8.20. The van der Waals surface area contributed by atoms with Crippen LogP contribution < -0.4 is 9.80 Å². The SMILES string of the molecule is C[C@H]1Cc2ccccc2N1C(=O)CN1C(=O)CSc2ccc(S(=O)(=O)N3CCCC3)cc21. The number of hydrogen-bond donors (Lipinski definition) is 0. The lowest BCUT2D eigenvalue weighted by Crippen LogP contribution is -2.46. The highest BCUT2D eigenvalue weighted by atomic mass is 32.2. The molecule has 0 saturated carbocycles. The van der Waals surface area contributed by atoms with E-state index in [-0.39, 0.29) is 35.0 Å². The molecule has 0 radical (unpaired) electrons. The van der Waals surface area contributed by atoms with E-state index in [1.807, 2.05) is 31.2 Å². The van der Waals surface area contributed by atoms with Crippen LogP contribution in [0.1, 0.15) is 25.3 Å². The molecule has 0 N–H and O–H groups in total. The predicted octanol–water partition coefficient (Wildman–Crippen LogP) is 2.89. The first-order valence-electron chi connectivity index (χ1n) is 10.8. The fraction of sp³-hybridized carbons (Fsp3) is 0.391. The average Bonchev–Trinajstić information content (AvgIpc) is 3.43. The first kappa shape index (κ1) is 21.5. The van der Waals surface area contributed by atoms with Gasteiger partial charge in [0.05, 0.1) is 16.3 Å². The molecule has 0 aliphatic carbocycles. The van der Waals surface area contributed by atoms with Gasteiger partial charge in [-0.15, -0.1) is 11.8 Å². The molecule has 0 spiro atoms. The molecule has 3 aliphatic heterocycles. The van der Waals surface area contributed by atoms with Crippen LogP contribution in [-0.2, 0) is 26.0 Å². The summed E-state index contributed by atoms with van der Waals surface area (Å²) in [6, 6.07) is 12.7. The molecule has 1 atom stereocenters. The number of benzene rings is 2. The zero-order chi connectivity index (χ0) is 22.5. The Balaban J connectivity index is 1.46. The largest absolute Gasteiger partial charge is 0.307 e. The van der Waals surface area contributed by atoms with Gasteiger partial charge in [0.25, 0.3) is 0 Å². The highest BCUT2D eigenvalue weighted by molar-refractivity contribution is 8.00. The van der Waals surface area contributed by atoms with Gasteiger partial charge in [-0.05, 0) is 56.0 Å². The summed E-state index contributed by atoms with van der Waals surface area (Å²) in [5.41, 5.74) is 2.50. The zero-order valence-electron chi connectivity index (χ0n) is 17.9. The van der Waals surface area contributed by atoms with Crippen LogP contribution in [0.25, 0.3) is 0 Å². The highest BCUT2D eigenvalue weighted by Gasteiger charge is 2.35. The average molecular weight is 472 g/mol. The molecule has 0 unspecified atom stereocenters. The van der Waals surface area contributed by atoms with Gasteiger partial charge in [-0.3, -0.25) is 9.59 Å². The van der Waals surface area contributed by atoms with Gasteiger partial charge >= 0.3 is 0 Å². The molecule has 32 heavy (non-hydrogen) atoms. The summed E-state index contributed by atoms with van der Waals surface area (Å²) in [5.74, 6) is -0.127. The number of amides is 2. The van der Waals surface area contributed by atoms with Crippen LogP contribution >= 0.6 is 11.8 Å². The van der Waals surface area contributed by atoms with E-state index in [2.05, 4.69) is 0 Å². The summed E-state index contributed by atoms with van der Waals surface area (Å²) in [6.45, 7) is 2.92. The lowest BCUT2D eigenvalue weighted by molar-refractivity contribution is -0.121. The summed E-state index contributed by atoms with van der Waals surface area (Å²) >= 11 is 1.38. The summed E-state index contributed by atoms with van der Waals surface area (Å²) in [6.07, 6.45) is 2.49. The van der Waals surface area contributed by atoms with Crippen molar-refractivity contribution in [2.75, 3.05) is 35.2 Å². The minimum absolute atomic E-state index is 0.00974. The normalized spacial score (nSPS) is 21.0. The second-order valence-corrected chi connectivity index (χ2v) is 11.4. The van der Waals surface area contributed by atoms with Crippen molar-refractivity contribution < 1.29 is 18.0 Å². The fourth-order valence-corrected chi connectivity index (χ4v) is 7.20. The molecule has 9 heteroatoms. The number of carbonyl (C=O) groups excluding carboxylic acids is 2. The molecule has 0 aromatic heterocycles. The summed E-state index contributed by atoms with van der Waals surface area (Å²) < 4.78 is 27.6. The number of para-hydroxylation sites is 1. The maximum atomic E-state index is 13.3. The van der Waals surface area contributed by atoms with E-state index in [1.54, 1.807) is 23.1 Å². The van der Waals surface area contributed by atoms with Gasteiger partial charge in [-0.25, -0.2) is 8.42 Å². The Morgan fingerprint density at radius 3 is 2.62 bits per heavy atom. The third-order valence-electron chi connectivity index (χ3n) is 6.35. The molecule has 3 heterocycles. The van der Waals surface area contributed by atoms with E-state index in [9.17, 15) is 18.0 Å². The topological polar surface area (TPSA) is 78.0 Å². The van der Waals surface area contributed by atoms with Gasteiger partial charge in [-0.1, -0.05) is 18.2 Å². The summed E-state index contributed by atoms with van der Waals surface area (Å²) in [4.78, 5) is 30.4. The van der Waals surface area contributed by atoms with Crippen molar-refractivity contribution in [3.8, 4) is 0 Å². The van der Waals surface area contributed by atoms with Gasteiger partial charge in [0.15, 0.2) is 0 Å². The Labute approximate surface area is 192 Å². The van der Waals surface area contributed by atoms with Crippen LogP contribution in [0.15, 0.2) is 52.3 Å². The van der Waals surface area contributed by atoms with Gasteiger partial charge in [-0.2, -0.15) is 4.31 Å². The van der Waals surface area contributed by atoms with E-state index in [4.69, 9.17) is 0 Å². The second-order valence-electron chi connectivity index (χ2n) is 8.45. The quantitative estimate of drug-likeness (QED) is 0.685. The molecule has 1 fully saturated rings. The molecular formula is C23H25N3O4S2. The van der Waals surface area contributed by atoms with Gasteiger partial charge in [0.1, 0.15) is 6.54 Å². The van der Waals surface area contributed by atoms with Crippen LogP contribution in [0.4, 0.5) is 11.4 Å². The lowest BCUT2D eigenvalue weighted by atomic mass is 10.1. The number of sulfonamides is 1. The Morgan fingerprint density at radius 1 is 1.09 bits per heavy atom. The molecule has 1 saturated heterocycles. The number of thioether (sulfide) groups is 1. The van der Waals surface area contributed by atoms with Gasteiger partial charge < -0.3 is 9.80 Å². The number of fused-ring (bicyclic) bond motifs is 2. The van der Waals surface area contributed by atoms with E-state index in [0.29, 0.717) is 18.8 Å². The van der Waals surface area contributed by atoms with Crippen molar-refractivity contribution in [1.29, 1.82) is 0 Å².